The highest BCUT2D eigenvalue weighted by Gasteiger charge is 2.25. The molecule has 0 aliphatic carbocycles. The van der Waals surface area contributed by atoms with Gasteiger partial charge in [0.15, 0.2) is 11.5 Å². The first kappa shape index (κ1) is 20.2. The number of nitrogens with one attached hydrogen (secondary N) is 1. The van der Waals surface area contributed by atoms with E-state index in [1.54, 1.807) is 12.1 Å². The summed E-state index contributed by atoms with van der Waals surface area (Å²) in [5.41, 5.74) is 2.24. The van der Waals surface area contributed by atoms with Gasteiger partial charge in [0.2, 0.25) is 0 Å². The third-order valence-electron chi connectivity index (χ3n) is 3.51. The Labute approximate surface area is 161 Å². The van der Waals surface area contributed by atoms with Crippen LogP contribution in [0.15, 0.2) is 27.9 Å². The number of phenols is 1. The number of nitro groups is 1. The zero-order valence-electron chi connectivity index (χ0n) is 14.5. The standard InChI is InChI=1S/C15H16BrN5O6/c1-8(20-7-11(21(24)25)15(19-20)27-3)14(23)18-17-6-9-4-10(16)5-12(26-2)13(9)22/h4-8,22H,1-3H3,(H,18,23)/b17-6-/t8-/m0/s1. The van der Waals surface area contributed by atoms with E-state index in [1.165, 1.54) is 27.4 Å². The molecule has 0 aliphatic rings. The zero-order valence-corrected chi connectivity index (χ0v) is 16.1. The molecule has 0 aliphatic heterocycles. The van der Waals surface area contributed by atoms with Crippen molar-refractivity contribution in [1.82, 2.24) is 15.2 Å². The van der Waals surface area contributed by atoms with Crippen molar-refractivity contribution in [2.45, 2.75) is 13.0 Å². The fourth-order valence-corrected chi connectivity index (χ4v) is 2.52. The van der Waals surface area contributed by atoms with Gasteiger partial charge in [-0.3, -0.25) is 14.9 Å². The molecule has 2 N–H and O–H groups in total. The summed E-state index contributed by atoms with van der Waals surface area (Å²) in [7, 11) is 2.65. The average Bonchev–Trinajstić information content (AvgIpc) is 3.08. The summed E-state index contributed by atoms with van der Waals surface area (Å²) in [6, 6.07) is 2.26. The van der Waals surface area contributed by atoms with Gasteiger partial charge in [0, 0.05) is 10.0 Å². The predicted octanol–water partition coefficient (Wildman–Crippen LogP) is 1.99. The molecule has 12 heteroatoms. The van der Waals surface area contributed by atoms with Gasteiger partial charge in [0.25, 0.3) is 5.91 Å². The van der Waals surface area contributed by atoms with Gasteiger partial charge < -0.3 is 14.6 Å². The van der Waals surface area contributed by atoms with Crippen molar-refractivity contribution in [2.75, 3.05) is 14.2 Å². The van der Waals surface area contributed by atoms with E-state index in [2.05, 4.69) is 31.6 Å². The summed E-state index contributed by atoms with van der Waals surface area (Å²) >= 11 is 3.27. The molecule has 1 aromatic carbocycles. The molecule has 1 heterocycles. The maximum absolute atomic E-state index is 12.2. The largest absolute Gasteiger partial charge is 0.504 e. The number of hydrogen-bond acceptors (Lipinski definition) is 8. The van der Waals surface area contributed by atoms with Gasteiger partial charge in [-0.2, -0.15) is 5.10 Å². The summed E-state index contributed by atoms with van der Waals surface area (Å²) in [4.78, 5) is 22.5. The number of benzene rings is 1. The van der Waals surface area contributed by atoms with E-state index < -0.39 is 16.9 Å². The molecule has 144 valence electrons. The molecule has 0 saturated carbocycles. The van der Waals surface area contributed by atoms with Crippen molar-refractivity contribution >= 4 is 33.7 Å². The number of halogens is 1. The lowest BCUT2D eigenvalue weighted by Crippen LogP contribution is -2.27. The molecule has 0 unspecified atom stereocenters. The lowest BCUT2D eigenvalue weighted by atomic mass is 10.2. The number of carbonyl (C=O) groups excluding carboxylic acids is 1. The molecule has 1 amide bonds. The van der Waals surface area contributed by atoms with Crippen molar-refractivity contribution < 1.29 is 24.3 Å². The van der Waals surface area contributed by atoms with Crippen molar-refractivity contribution in [1.29, 1.82) is 0 Å². The smallest absolute Gasteiger partial charge is 0.350 e. The number of aromatic nitrogens is 2. The highest BCUT2D eigenvalue weighted by atomic mass is 79.9. The average molecular weight is 442 g/mol. The first-order chi connectivity index (χ1) is 12.8. The number of phenolic OH excluding ortho intramolecular Hbond substituents is 1. The highest BCUT2D eigenvalue weighted by Crippen LogP contribution is 2.32. The number of hydrogen-bond donors (Lipinski definition) is 2. The van der Waals surface area contributed by atoms with E-state index in [4.69, 9.17) is 9.47 Å². The minimum Gasteiger partial charge on any atom is -0.504 e. The first-order valence-electron chi connectivity index (χ1n) is 7.45. The Morgan fingerprint density at radius 1 is 1.48 bits per heavy atom. The van der Waals surface area contributed by atoms with Crippen LogP contribution in [0.3, 0.4) is 0 Å². The lowest BCUT2D eigenvalue weighted by molar-refractivity contribution is -0.385. The molecule has 2 rings (SSSR count). The van der Waals surface area contributed by atoms with Crippen molar-refractivity contribution in [2.24, 2.45) is 5.10 Å². The van der Waals surface area contributed by atoms with Crippen LogP contribution in [0.2, 0.25) is 0 Å². The predicted molar refractivity (Wildman–Crippen MR) is 98.2 cm³/mol. The summed E-state index contributed by atoms with van der Waals surface area (Å²) in [5, 5.41) is 28.6. The van der Waals surface area contributed by atoms with E-state index in [9.17, 15) is 20.0 Å². The number of nitrogens with zero attached hydrogens (tertiary/aromatic N) is 4. The van der Waals surface area contributed by atoms with Crippen LogP contribution < -0.4 is 14.9 Å². The second kappa shape index (κ2) is 8.49. The van der Waals surface area contributed by atoms with Crippen LogP contribution >= 0.6 is 15.9 Å². The Morgan fingerprint density at radius 2 is 2.19 bits per heavy atom. The summed E-state index contributed by atoms with van der Waals surface area (Å²) in [6.45, 7) is 1.49. The SMILES string of the molecule is COc1cc(Br)cc(/C=N\NC(=O)[C@H](C)n2cc([N+](=O)[O-])c(OC)n2)c1O. The van der Waals surface area contributed by atoms with Crippen LogP contribution in [-0.4, -0.2) is 46.2 Å². The number of carbonyl (C=O) groups is 1. The molecule has 0 spiro atoms. The fourth-order valence-electron chi connectivity index (χ4n) is 2.06. The molecule has 27 heavy (non-hydrogen) atoms. The molecule has 2 aromatic rings. The summed E-state index contributed by atoms with van der Waals surface area (Å²) in [6.07, 6.45) is 2.33. The molecular formula is C15H16BrN5O6. The Bertz CT molecular complexity index is 897. The number of aromatic hydroxyl groups is 1. The van der Waals surface area contributed by atoms with Gasteiger partial charge in [-0.1, -0.05) is 15.9 Å². The third kappa shape index (κ3) is 4.53. The van der Waals surface area contributed by atoms with Crippen LogP contribution in [0.5, 0.6) is 17.4 Å². The number of amides is 1. The minimum absolute atomic E-state index is 0.140. The van der Waals surface area contributed by atoms with Crippen molar-refractivity contribution in [3.05, 3.63) is 38.5 Å². The van der Waals surface area contributed by atoms with Gasteiger partial charge in [0.1, 0.15) is 12.2 Å². The Morgan fingerprint density at radius 3 is 2.74 bits per heavy atom. The van der Waals surface area contributed by atoms with Crippen LogP contribution in [0, 0.1) is 10.1 Å². The molecule has 0 radical (unpaired) electrons. The maximum Gasteiger partial charge on any atom is 0.350 e. The van der Waals surface area contributed by atoms with Crippen molar-refractivity contribution in [3.63, 3.8) is 0 Å². The Balaban J connectivity index is 2.13. The highest BCUT2D eigenvalue weighted by molar-refractivity contribution is 9.10. The second-order valence-corrected chi connectivity index (χ2v) is 6.13. The first-order valence-corrected chi connectivity index (χ1v) is 8.24. The van der Waals surface area contributed by atoms with Crippen LogP contribution in [0.25, 0.3) is 0 Å². The number of rotatable bonds is 7. The summed E-state index contributed by atoms with van der Waals surface area (Å²) < 4.78 is 11.6. The van der Waals surface area contributed by atoms with Crippen molar-refractivity contribution in [3.8, 4) is 17.4 Å². The van der Waals surface area contributed by atoms with E-state index in [1.807, 2.05) is 0 Å². The van der Waals surface area contributed by atoms with Gasteiger partial charge in [-0.15, -0.1) is 5.10 Å². The minimum atomic E-state index is -0.893. The number of ether oxygens (including phenoxy) is 2. The topological polar surface area (TPSA) is 141 Å². The normalized spacial score (nSPS) is 12.0. The molecule has 1 aromatic heterocycles. The van der Waals surface area contributed by atoms with Gasteiger partial charge in [0.05, 0.1) is 25.4 Å². The van der Waals surface area contributed by atoms with Crippen LogP contribution in [0.4, 0.5) is 5.69 Å². The van der Waals surface area contributed by atoms with Crippen LogP contribution in [0.1, 0.15) is 18.5 Å². The second-order valence-electron chi connectivity index (χ2n) is 5.22. The Kier molecular flexibility index (Phi) is 6.34. The van der Waals surface area contributed by atoms with E-state index in [0.29, 0.717) is 10.0 Å². The molecule has 1 atom stereocenters. The molecule has 11 nitrogen and oxygen atoms in total. The molecule has 0 fully saturated rings. The number of hydrazone groups is 1. The van der Waals surface area contributed by atoms with Gasteiger partial charge in [-0.25, -0.2) is 10.1 Å². The maximum atomic E-state index is 12.2. The molecular weight excluding hydrogens is 426 g/mol. The van der Waals surface area contributed by atoms with Gasteiger partial charge in [-0.05, 0) is 19.1 Å². The number of methoxy groups -OCH3 is 2. The zero-order chi connectivity index (χ0) is 20.1. The third-order valence-corrected chi connectivity index (χ3v) is 3.97. The molecule has 0 bridgehead atoms. The quantitative estimate of drug-likeness (QED) is 0.380. The van der Waals surface area contributed by atoms with E-state index in [0.717, 1.165) is 10.9 Å². The lowest BCUT2D eigenvalue weighted by Gasteiger charge is -2.09. The molecule has 0 saturated heterocycles. The van der Waals surface area contributed by atoms with Crippen LogP contribution in [-0.2, 0) is 4.79 Å². The van der Waals surface area contributed by atoms with E-state index >= 15 is 0 Å². The Hall–Kier alpha value is -3.15. The van der Waals surface area contributed by atoms with Gasteiger partial charge >= 0.3 is 11.6 Å². The fraction of sp³-hybridized carbons (Fsp3) is 0.267. The van der Waals surface area contributed by atoms with E-state index in [-0.39, 0.29) is 23.1 Å². The summed E-state index contributed by atoms with van der Waals surface area (Å²) in [5.74, 6) is -0.678. The monoisotopic (exact) mass is 441 g/mol.